The zero-order chi connectivity index (χ0) is 20.1. The molecule has 0 aliphatic rings. The quantitative estimate of drug-likeness (QED) is 0.437. The van der Waals surface area contributed by atoms with E-state index in [0.717, 1.165) is 21.7 Å². The number of aliphatic hydroxyl groups is 1. The van der Waals surface area contributed by atoms with Gasteiger partial charge >= 0.3 is 0 Å². The van der Waals surface area contributed by atoms with Crippen molar-refractivity contribution < 1.29 is 9.67 Å². The molecule has 0 aromatic heterocycles. The molecule has 3 heteroatoms. The zero-order valence-electron chi connectivity index (χ0n) is 16.0. The number of rotatable bonds is 6. The molecule has 0 saturated carbocycles. The summed E-state index contributed by atoms with van der Waals surface area (Å²) in [6.07, 6.45) is -0.912. The number of benzene rings is 4. The predicted molar refractivity (Wildman–Crippen MR) is 120 cm³/mol. The van der Waals surface area contributed by atoms with Crippen molar-refractivity contribution in [1.29, 1.82) is 0 Å². The lowest BCUT2D eigenvalue weighted by Gasteiger charge is -2.33. The molecular formula is C26H23O2P. The lowest BCUT2D eigenvalue weighted by Crippen LogP contribution is -2.25. The molecule has 0 bridgehead atoms. The van der Waals surface area contributed by atoms with Crippen LogP contribution < -0.4 is 10.6 Å². The number of hydrogen-bond acceptors (Lipinski definition) is 2. The minimum absolute atomic E-state index is 0.601. The summed E-state index contributed by atoms with van der Waals surface area (Å²) < 4.78 is 15.0. The minimum Gasteiger partial charge on any atom is -0.387 e. The first kappa shape index (κ1) is 19.4. The van der Waals surface area contributed by atoms with E-state index in [-0.39, 0.29) is 0 Å². The molecule has 0 unspecified atom stereocenters. The highest BCUT2D eigenvalue weighted by Gasteiger charge is 2.42. The molecular weight excluding hydrogens is 375 g/mol. The van der Waals surface area contributed by atoms with Crippen LogP contribution in [-0.4, -0.2) is 5.11 Å². The van der Waals surface area contributed by atoms with Crippen LogP contribution in [0.5, 0.6) is 0 Å². The normalized spacial score (nSPS) is 13.6. The maximum atomic E-state index is 15.0. The number of hydrogen-bond donors (Lipinski definition) is 1. The fraction of sp³-hybridized carbons (Fsp3) is 0.0769. The molecule has 29 heavy (non-hydrogen) atoms. The first-order chi connectivity index (χ1) is 14.2. The highest BCUT2D eigenvalue weighted by atomic mass is 31.2. The van der Waals surface area contributed by atoms with E-state index in [0.29, 0.717) is 0 Å². The van der Waals surface area contributed by atoms with Crippen LogP contribution in [0.3, 0.4) is 0 Å². The Kier molecular flexibility index (Phi) is 5.76. The molecule has 1 N–H and O–H groups in total. The third kappa shape index (κ3) is 3.82. The van der Waals surface area contributed by atoms with Gasteiger partial charge in [-0.15, -0.1) is 0 Å². The van der Waals surface area contributed by atoms with E-state index < -0.39 is 18.9 Å². The molecule has 0 heterocycles. The van der Waals surface area contributed by atoms with Crippen molar-refractivity contribution >= 4 is 17.8 Å². The van der Waals surface area contributed by atoms with Crippen LogP contribution >= 0.6 is 7.14 Å². The van der Waals surface area contributed by atoms with Crippen molar-refractivity contribution in [1.82, 2.24) is 0 Å². The van der Waals surface area contributed by atoms with Crippen molar-refractivity contribution in [3.63, 3.8) is 0 Å². The molecule has 144 valence electrons. The van der Waals surface area contributed by atoms with E-state index in [9.17, 15) is 9.67 Å². The molecule has 2 nitrogen and oxygen atoms in total. The van der Waals surface area contributed by atoms with E-state index >= 15 is 0 Å². The van der Waals surface area contributed by atoms with Gasteiger partial charge in [-0.2, -0.15) is 0 Å². The molecule has 0 aliphatic carbocycles. The average molecular weight is 398 g/mol. The van der Waals surface area contributed by atoms with Gasteiger partial charge in [-0.05, 0) is 11.1 Å². The summed E-state index contributed by atoms with van der Waals surface area (Å²) in [6, 6.07) is 38.3. The molecule has 4 rings (SSSR count). The first-order valence-corrected chi connectivity index (χ1v) is 11.5. The Morgan fingerprint density at radius 3 is 1.28 bits per heavy atom. The van der Waals surface area contributed by atoms with Crippen molar-refractivity contribution in [2.24, 2.45) is 0 Å². The lowest BCUT2D eigenvalue weighted by atomic mass is 10.0. The summed E-state index contributed by atoms with van der Waals surface area (Å²) in [5.74, 6) is 0. The number of aliphatic hydroxyl groups excluding tert-OH is 1. The summed E-state index contributed by atoms with van der Waals surface area (Å²) in [6.45, 7) is 0. The molecule has 0 aliphatic heterocycles. The van der Waals surface area contributed by atoms with Crippen LogP contribution in [0.15, 0.2) is 121 Å². The van der Waals surface area contributed by atoms with E-state index in [1.165, 1.54) is 0 Å². The van der Waals surface area contributed by atoms with Gasteiger partial charge in [0.25, 0.3) is 0 Å². The molecule has 4 aromatic carbocycles. The summed E-state index contributed by atoms with van der Waals surface area (Å²) >= 11 is 0. The van der Waals surface area contributed by atoms with Gasteiger partial charge in [-0.1, -0.05) is 121 Å². The molecule has 0 spiro atoms. The van der Waals surface area contributed by atoms with Crippen molar-refractivity contribution in [3.05, 3.63) is 132 Å². The standard InChI is InChI=1S/C26H23O2P/c27-25(21-13-5-1-6-14-21)26(22-15-7-2-8-16-22)29(28,23-17-9-3-10-18-23)24-19-11-4-12-20-24/h1-20,25-27H/t25-,26+/m0/s1. The minimum atomic E-state index is -3.23. The third-order valence-electron chi connectivity index (χ3n) is 5.25. The van der Waals surface area contributed by atoms with Gasteiger partial charge in [0.05, 0.1) is 11.8 Å². The van der Waals surface area contributed by atoms with Crippen LogP contribution in [-0.2, 0) is 4.57 Å². The Labute approximate surface area is 171 Å². The van der Waals surface area contributed by atoms with Crippen molar-refractivity contribution in [3.8, 4) is 0 Å². The summed E-state index contributed by atoms with van der Waals surface area (Å²) in [5.41, 5.74) is 1.02. The van der Waals surface area contributed by atoms with E-state index in [1.807, 2.05) is 121 Å². The topological polar surface area (TPSA) is 37.3 Å². The second-order valence-corrected chi connectivity index (χ2v) is 9.95. The zero-order valence-corrected chi connectivity index (χ0v) is 16.9. The lowest BCUT2D eigenvalue weighted by molar-refractivity contribution is 0.171. The monoisotopic (exact) mass is 398 g/mol. The summed E-state index contributed by atoms with van der Waals surface area (Å²) in [5, 5.41) is 13.0. The molecule has 0 saturated heterocycles. The Balaban J connectivity index is 1.98. The fourth-order valence-electron chi connectivity index (χ4n) is 3.84. The van der Waals surface area contributed by atoms with Gasteiger partial charge in [-0.25, -0.2) is 0 Å². The third-order valence-corrected chi connectivity index (χ3v) is 8.75. The van der Waals surface area contributed by atoms with Crippen molar-refractivity contribution in [2.75, 3.05) is 0 Å². The Morgan fingerprint density at radius 2 is 0.862 bits per heavy atom. The molecule has 2 atom stereocenters. The van der Waals surface area contributed by atoms with E-state index in [4.69, 9.17) is 0 Å². The van der Waals surface area contributed by atoms with Crippen LogP contribution in [0, 0.1) is 0 Å². The highest BCUT2D eigenvalue weighted by molar-refractivity contribution is 7.79. The molecule has 0 radical (unpaired) electrons. The maximum Gasteiger partial charge on any atom is 0.153 e. The molecule has 0 fully saturated rings. The van der Waals surface area contributed by atoms with Crippen LogP contribution in [0.4, 0.5) is 0 Å². The van der Waals surface area contributed by atoms with Gasteiger partial charge in [0.2, 0.25) is 0 Å². The Morgan fingerprint density at radius 1 is 0.517 bits per heavy atom. The predicted octanol–water partition coefficient (Wildman–Crippen LogP) is 5.48. The second-order valence-electron chi connectivity index (χ2n) is 7.04. The van der Waals surface area contributed by atoms with Crippen LogP contribution in [0.1, 0.15) is 22.9 Å². The smallest absolute Gasteiger partial charge is 0.153 e. The Hall–Kier alpha value is -2.93. The van der Waals surface area contributed by atoms with Gasteiger partial charge in [-0.3, -0.25) is 0 Å². The fourth-order valence-corrected chi connectivity index (χ4v) is 7.18. The highest BCUT2D eigenvalue weighted by Crippen LogP contribution is 2.61. The first-order valence-electron chi connectivity index (χ1n) is 9.70. The van der Waals surface area contributed by atoms with Crippen molar-refractivity contribution in [2.45, 2.75) is 11.8 Å². The van der Waals surface area contributed by atoms with E-state index in [1.54, 1.807) is 0 Å². The van der Waals surface area contributed by atoms with Gasteiger partial charge in [0, 0.05) is 10.6 Å². The largest absolute Gasteiger partial charge is 0.387 e. The van der Waals surface area contributed by atoms with Crippen LogP contribution in [0.25, 0.3) is 0 Å². The second kappa shape index (κ2) is 8.61. The molecule has 4 aromatic rings. The summed E-state index contributed by atoms with van der Waals surface area (Å²) in [7, 11) is -3.23. The summed E-state index contributed by atoms with van der Waals surface area (Å²) in [4.78, 5) is 0. The van der Waals surface area contributed by atoms with Gasteiger partial charge < -0.3 is 9.67 Å². The SMILES string of the molecule is O=P(c1ccccc1)(c1ccccc1)[C@H](c1ccccc1)[C@@H](O)c1ccccc1. The maximum absolute atomic E-state index is 15.0. The van der Waals surface area contributed by atoms with Gasteiger partial charge in [0.15, 0.2) is 7.14 Å². The van der Waals surface area contributed by atoms with Crippen LogP contribution in [0.2, 0.25) is 0 Å². The Bertz CT molecular complexity index is 1040. The molecule has 0 amide bonds. The van der Waals surface area contributed by atoms with E-state index in [2.05, 4.69) is 0 Å². The van der Waals surface area contributed by atoms with Gasteiger partial charge in [0.1, 0.15) is 0 Å². The average Bonchev–Trinajstić information content (AvgIpc) is 2.81.